The Hall–Kier alpha value is -1.20. The minimum Gasteiger partial charge on any atom is -0.324 e. The van der Waals surface area contributed by atoms with Crippen LogP contribution in [0.4, 0.5) is 0 Å². The van der Waals surface area contributed by atoms with Crippen LogP contribution >= 0.6 is 15.9 Å². The molecule has 0 unspecified atom stereocenters. The van der Waals surface area contributed by atoms with Crippen molar-refractivity contribution in [1.29, 1.82) is 0 Å². The third kappa shape index (κ3) is 2.72. The van der Waals surface area contributed by atoms with Crippen LogP contribution < -0.4 is 5.73 Å². The van der Waals surface area contributed by atoms with Crippen molar-refractivity contribution in [3.8, 4) is 11.4 Å². The van der Waals surface area contributed by atoms with E-state index in [0.29, 0.717) is 6.54 Å². The Balaban J connectivity index is 2.66. The lowest BCUT2D eigenvalue weighted by atomic mass is 10.1. The first-order chi connectivity index (χ1) is 8.84. The summed E-state index contributed by atoms with van der Waals surface area (Å²) in [7, 11) is 0. The third-order valence-electron chi connectivity index (χ3n) is 2.95. The van der Waals surface area contributed by atoms with Crippen molar-refractivity contribution in [1.82, 2.24) is 14.8 Å². The maximum Gasteiger partial charge on any atom is 0.165 e. The molecule has 0 atom stereocenters. The fraction of sp³-hybridized carbons (Fsp3) is 0.429. The number of nitrogens with zero attached hydrogens (tertiary/aromatic N) is 3. The van der Waals surface area contributed by atoms with E-state index in [4.69, 9.17) is 5.73 Å². The van der Waals surface area contributed by atoms with Gasteiger partial charge in [0, 0.05) is 15.6 Å². The van der Waals surface area contributed by atoms with Gasteiger partial charge in [-0.2, -0.15) is 0 Å². The van der Waals surface area contributed by atoms with E-state index in [1.807, 2.05) is 0 Å². The van der Waals surface area contributed by atoms with E-state index in [-0.39, 0.29) is 5.54 Å². The van der Waals surface area contributed by atoms with Gasteiger partial charge in [0.25, 0.3) is 0 Å². The molecule has 0 amide bonds. The maximum atomic E-state index is 5.77. The van der Waals surface area contributed by atoms with Crippen LogP contribution in [0.1, 0.15) is 32.2 Å². The number of benzene rings is 1. The van der Waals surface area contributed by atoms with Crippen molar-refractivity contribution in [2.45, 2.75) is 39.8 Å². The summed E-state index contributed by atoms with van der Waals surface area (Å²) in [6, 6.07) is 6.22. The molecule has 0 saturated heterocycles. The van der Waals surface area contributed by atoms with Gasteiger partial charge >= 0.3 is 0 Å². The first-order valence-corrected chi connectivity index (χ1v) is 7.05. The van der Waals surface area contributed by atoms with Crippen LogP contribution in [0.5, 0.6) is 0 Å². The zero-order chi connectivity index (χ0) is 14.2. The smallest absolute Gasteiger partial charge is 0.165 e. The maximum absolute atomic E-state index is 5.77. The number of aromatic nitrogens is 3. The summed E-state index contributed by atoms with van der Waals surface area (Å²) in [4.78, 5) is 0. The minimum absolute atomic E-state index is 0.113. The molecule has 0 radical (unpaired) electrons. The van der Waals surface area contributed by atoms with Crippen LogP contribution in [0.15, 0.2) is 22.7 Å². The number of nitrogens with two attached hydrogens (primary N) is 1. The average Bonchev–Trinajstić information content (AvgIpc) is 2.72. The second-order valence-corrected chi connectivity index (χ2v) is 6.49. The summed E-state index contributed by atoms with van der Waals surface area (Å²) in [6.45, 7) is 8.82. The molecule has 0 spiro atoms. The lowest BCUT2D eigenvalue weighted by molar-refractivity contribution is 0.386. The fourth-order valence-electron chi connectivity index (χ4n) is 2.13. The van der Waals surface area contributed by atoms with Gasteiger partial charge in [-0.3, -0.25) is 0 Å². The SMILES string of the molecule is Cc1ccc(-c2nnc(CN)n2C(C)(C)C)c(Br)c1. The molecule has 2 N–H and O–H groups in total. The molecule has 19 heavy (non-hydrogen) atoms. The second-order valence-electron chi connectivity index (χ2n) is 5.63. The largest absolute Gasteiger partial charge is 0.324 e. The van der Waals surface area contributed by atoms with Crippen LogP contribution in [0.25, 0.3) is 11.4 Å². The van der Waals surface area contributed by atoms with Crippen LogP contribution in [-0.4, -0.2) is 14.8 Å². The van der Waals surface area contributed by atoms with Gasteiger partial charge in [0.15, 0.2) is 5.82 Å². The predicted octanol–water partition coefficient (Wildman–Crippen LogP) is 3.23. The number of hydrogen-bond acceptors (Lipinski definition) is 3. The standard InChI is InChI=1S/C14H19BrN4/c1-9-5-6-10(11(15)7-9)13-18-17-12(8-16)19(13)14(2,3)4/h5-7H,8,16H2,1-4H3. The molecule has 0 saturated carbocycles. The summed E-state index contributed by atoms with van der Waals surface area (Å²) in [6.07, 6.45) is 0. The lowest BCUT2D eigenvalue weighted by Crippen LogP contribution is -2.26. The summed E-state index contributed by atoms with van der Waals surface area (Å²) in [5.74, 6) is 1.65. The minimum atomic E-state index is -0.113. The Labute approximate surface area is 122 Å². The van der Waals surface area contributed by atoms with Crippen LogP contribution in [-0.2, 0) is 12.1 Å². The highest BCUT2D eigenvalue weighted by molar-refractivity contribution is 9.10. The summed E-state index contributed by atoms with van der Waals surface area (Å²) < 4.78 is 3.12. The zero-order valence-corrected chi connectivity index (χ0v) is 13.3. The molecule has 102 valence electrons. The van der Waals surface area contributed by atoms with E-state index in [9.17, 15) is 0 Å². The van der Waals surface area contributed by atoms with Gasteiger partial charge in [-0.25, -0.2) is 0 Å². The van der Waals surface area contributed by atoms with Crippen molar-refractivity contribution in [2.75, 3.05) is 0 Å². The Bertz CT molecular complexity index is 596. The Morgan fingerprint density at radius 2 is 1.95 bits per heavy atom. The molecule has 1 aromatic heterocycles. The molecule has 2 aromatic rings. The van der Waals surface area contributed by atoms with Crippen molar-refractivity contribution < 1.29 is 0 Å². The second kappa shape index (κ2) is 5.06. The Morgan fingerprint density at radius 3 is 2.47 bits per heavy atom. The van der Waals surface area contributed by atoms with Crippen molar-refractivity contribution >= 4 is 15.9 Å². The van der Waals surface area contributed by atoms with Crippen molar-refractivity contribution in [3.63, 3.8) is 0 Å². The highest BCUT2D eigenvalue weighted by atomic mass is 79.9. The molecule has 0 aliphatic carbocycles. The molecular weight excluding hydrogens is 304 g/mol. The van der Waals surface area contributed by atoms with E-state index in [2.05, 4.69) is 76.6 Å². The Kier molecular flexibility index (Phi) is 3.78. The van der Waals surface area contributed by atoms with Crippen LogP contribution in [0, 0.1) is 6.92 Å². The molecule has 1 aromatic carbocycles. The van der Waals surface area contributed by atoms with Crippen molar-refractivity contribution in [3.05, 3.63) is 34.1 Å². The normalized spacial score (nSPS) is 11.9. The van der Waals surface area contributed by atoms with Gasteiger partial charge in [0.2, 0.25) is 0 Å². The first kappa shape index (κ1) is 14.2. The van der Waals surface area contributed by atoms with E-state index in [0.717, 1.165) is 21.7 Å². The Morgan fingerprint density at radius 1 is 1.26 bits per heavy atom. The van der Waals surface area contributed by atoms with Gasteiger partial charge in [-0.15, -0.1) is 10.2 Å². The van der Waals surface area contributed by atoms with E-state index in [1.54, 1.807) is 0 Å². The molecular formula is C14H19BrN4. The zero-order valence-electron chi connectivity index (χ0n) is 11.7. The fourth-order valence-corrected chi connectivity index (χ4v) is 2.80. The highest BCUT2D eigenvalue weighted by Gasteiger charge is 2.24. The monoisotopic (exact) mass is 322 g/mol. The van der Waals surface area contributed by atoms with Gasteiger partial charge in [-0.1, -0.05) is 22.0 Å². The molecule has 0 aliphatic heterocycles. The predicted molar refractivity (Wildman–Crippen MR) is 80.8 cm³/mol. The molecule has 0 fully saturated rings. The number of hydrogen-bond donors (Lipinski definition) is 1. The van der Waals surface area contributed by atoms with E-state index in [1.165, 1.54) is 5.56 Å². The van der Waals surface area contributed by atoms with Crippen LogP contribution in [0.2, 0.25) is 0 Å². The third-order valence-corrected chi connectivity index (χ3v) is 3.61. The molecule has 0 bridgehead atoms. The van der Waals surface area contributed by atoms with Gasteiger partial charge in [0.05, 0.1) is 6.54 Å². The highest BCUT2D eigenvalue weighted by Crippen LogP contribution is 2.31. The molecule has 2 rings (SSSR count). The topological polar surface area (TPSA) is 56.7 Å². The summed E-state index contributed by atoms with van der Waals surface area (Å²) in [5.41, 5.74) is 7.89. The van der Waals surface area contributed by atoms with Gasteiger partial charge in [0.1, 0.15) is 5.82 Å². The average molecular weight is 323 g/mol. The van der Waals surface area contributed by atoms with Crippen molar-refractivity contribution in [2.24, 2.45) is 5.73 Å². The van der Waals surface area contributed by atoms with Gasteiger partial charge in [-0.05, 0) is 45.4 Å². The lowest BCUT2D eigenvalue weighted by Gasteiger charge is -2.25. The van der Waals surface area contributed by atoms with Crippen LogP contribution in [0.3, 0.4) is 0 Å². The molecule has 1 heterocycles. The van der Waals surface area contributed by atoms with E-state index < -0.39 is 0 Å². The molecule has 4 nitrogen and oxygen atoms in total. The quantitative estimate of drug-likeness (QED) is 0.923. The summed E-state index contributed by atoms with van der Waals surface area (Å²) >= 11 is 3.60. The molecule has 5 heteroatoms. The molecule has 0 aliphatic rings. The van der Waals surface area contributed by atoms with E-state index >= 15 is 0 Å². The number of halogens is 1. The first-order valence-electron chi connectivity index (χ1n) is 6.26. The number of aryl methyl sites for hydroxylation is 1. The summed E-state index contributed by atoms with van der Waals surface area (Å²) in [5, 5.41) is 8.53. The van der Waals surface area contributed by atoms with Gasteiger partial charge < -0.3 is 10.3 Å². The number of rotatable bonds is 2.